The predicted molar refractivity (Wildman–Crippen MR) is 224 cm³/mol. The lowest BCUT2D eigenvalue weighted by Crippen LogP contribution is -2.29. The lowest BCUT2D eigenvalue weighted by Gasteiger charge is -2.20. The van der Waals surface area contributed by atoms with Crippen LogP contribution >= 0.6 is 7.82 Å². The van der Waals surface area contributed by atoms with Gasteiger partial charge in [-0.15, -0.1) is 0 Å². The van der Waals surface area contributed by atoms with E-state index in [2.05, 4.69) is 48.8 Å². The molecule has 3 atom stereocenters. The fourth-order valence-corrected chi connectivity index (χ4v) is 6.64. The maximum absolute atomic E-state index is 12.6. The van der Waals surface area contributed by atoms with E-state index in [0.717, 1.165) is 51.4 Å². The second-order valence-corrected chi connectivity index (χ2v) is 16.2. The maximum Gasteiger partial charge on any atom is 0.472 e. The minimum Gasteiger partial charge on any atom is -0.462 e. The van der Waals surface area contributed by atoms with E-state index < -0.39 is 51.8 Å². The second kappa shape index (κ2) is 40.4. The first-order valence-electron chi connectivity index (χ1n) is 21.9. The Kier molecular flexibility index (Phi) is 39.1. The van der Waals surface area contributed by atoms with Crippen LogP contribution in [0.15, 0.2) is 36.5 Å². The molecule has 0 spiro atoms. The summed E-state index contributed by atoms with van der Waals surface area (Å²) in [5.74, 6) is -0.985. The van der Waals surface area contributed by atoms with E-state index >= 15 is 0 Å². The monoisotopic (exact) mass is 801 g/mol. The third kappa shape index (κ3) is 40.2. The third-order valence-electron chi connectivity index (χ3n) is 9.27. The minimum atomic E-state index is -4.63. The third-order valence-corrected chi connectivity index (χ3v) is 10.2. The van der Waals surface area contributed by atoms with Crippen LogP contribution in [0.5, 0.6) is 0 Å². The van der Waals surface area contributed by atoms with Crippen molar-refractivity contribution in [1.82, 2.24) is 0 Å². The number of ether oxygens (including phenoxy) is 2. The Hall–Kier alpha value is -1.81. The van der Waals surface area contributed by atoms with Crippen molar-refractivity contribution in [3.05, 3.63) is 36.5 Å². The van der Waals surface area contributed by atoms with E-state index in [-0.39, 0.29) is 19.4 Å². The number of aliphatic hydroxyl groups excluding tert-OH is 2. The average molecular weight is 801 g/mol. The molecule has 0 aromatic rings. The highest BCUT2D eigenvalue weighted by atomic mass is 31.2. The van der Waals surface area contributed by atoms with Crippen LogP contribution in [-0.2, 0) is 32.7 Å². The molecule has 0 rings (SSSR count). The van der Waals surface area contributed by atoms with Gasteiger partial charge < -0.3 is 24.6 Å². The smallest absolute Gasteiger partial charge is 0.462 e. The van der Waals surface area contributed by atoms with Gasteiger partial charge in [0.25, 0.3) is 0 Å². The molecule has 0 aliphatic heterocycles. The first-order valence-corrected chi connectivity index (χ1v) is 23.4. The SMILES string of the molecule is CCCCCCCC/C=C/CCCCCCCC(=O)OC[C@H](COP(=O)(O)OC[C@@H](O)CO)OC(=O)CCC/C=C/C/C=C/CCCCCCCCCCC. The predicted octanol–water partition coefficient (Wildman–Crippen LogP) is 11.6. The van der Waals surface area contributed by atoms with Crippen LogP contribution in [0.3, 0.4) is 0 Å². The van der Waals surface area contributed by atoms with Gasteiger partial charge in [-0.1, -0.05) is 153 Å². The van der Waals surface area contributed by atoms with Crippen LogP contribution in [0, 0.1) is 0 Å². The lowest BCUT2D eigenvalue weighted by atomic mass is 10.1. The lowest BCUT2D eigenvalue weighted by molar-refractivity contribution is -0.161. The average Bonchev–Trinajstić information content (AvgIpc) is 3.17. The normalized spacial score (nSPS) is 14.2. The van der Waals surface area contributed by atoms with Gasteiger partial charge in [-0.25, -0.2) is 4.57 Å². The van der Waals surface area contributed by atoms with Gasteiger partial charge in [-0.2, -0.15) is 0 Å². The molecule has 3 N–H and O–H groups in total. The Morgan fingerprint density at radius 2 is 0.964 bits per heavy atom. The van der Waals surface area contributed by atoms with Crippen molar-refractivity contribution in [3.8, 4) is 0 Å². The van der Waals surface area contributed by atoms with Gasteiger partial charge in [-0.05, 0) is 64.2 Å². The van der Waals surface area contributed by atoms with Crippen molar-refractivity contribution in [1.29, 1.82) is 0 Å². The van der Waals surface area contributed by atoms with E-state index in [0.29, 0.717) is 19.3 Å². The van der Waals surface area contributed by atoms with Gasteiger partial charge in [0, 0.05) is 12.8 Å². The molecule has 11 heteroatoms. The van der Waals surface area contributed by atoms with Crippen molar-refractivity contribution in [3.63, 3.8) is 0 Å². The summed E-state index contributed by atoms with van der Waals surface area (Å²) < 4.78 is 32.6. The summed E-state index contributed by atoms with van der Waals surface area (Å²) in [7, 11) is -4.63. The van der Waals surface area contributed by atoms with Crippen molar-refractivity contribution in [2.24, 2.45) is 0 Å². The fraction of sp³-hybridized carbons (Fsp3) is 0.818. The summed E-state index contributed by atoms with van der Waals surface area (Å²) >= 11 is 0. The summed E-state index contributed by atoms with van der Waals surface area (Å²) in [6.07, 6.45) is 41.2. The standard InChI is InChI=1S/C44H81O10P/c1-3-5-7-9-11-13-15-17-19-20-22-24-26-28-30-32-34-36-44(48)54-42(40-53-55(49,50)52-38-41(46)37-45)39-51-43(47)35-33-31-29-27-25-23-21-18-16-14-12-10-8-6-4-2/h18,21-22,24,28,30,41-42,45-46H,3-17,19-20,23,25-27,29,31-40H2,1-2H3,(H,49,50)/b21-18+,24-22+,30-28+/t41-,42+/m0/s1. The summed E-state index contributed by atoms with van der Waals surface area (Å²) in [4.78, 5) is 34.9. The molecule has 0 saturated heterocycles. The molecule has 55 heavy (non-hydrogen) atoms. The molecular weight excluding hydrogens is 719 g/mol. The Morgan fingerprint density at radius 1 is 0.545 bits per heavy atom. The van der Waals surface area contributed by atoms with Gasteiger partial charge in [-0.3, -0.25) is 18.6 Å². The van der Waals surface area contributed by atoms with E-state index in [1.54, 1.807) is 0 Å². The van der Waals surface area contributed by atoms with Gasteiger partial charge in [0.05, 0.1) is 19.8 Å². The first-order chi connectivity index (χ1) is 26.7. The highest BCUT2D eigenvalue weighted by Crippen LogP contribution is 2.43. The molecular formula is C44H81O10P. The number of carbonyl (C=O) groups is 2. The molecule has 0 radical (unpaired) electrons. The number of esters is 2. The van der Waals surface area contributed by atoms with E-state index in [9.17, 15) is 24.2 Å². The van der Waals surface area contributed by atoms with Crippen molar-refractivity contribution in [2.75, 3.05) is 26.4 Å². The Labute approximate surface area is 335 Å². The Morgan fingerprint density at radius 3 is 1.47 bits per heavy atom. The summed E-state index contributed by atoms with van der Waals surface area (Å²) in [5.41, 5.74) is 0. The van der Waals surface area contributed by atoms with Crippen LogP contribution in [-0.4, -0.2) is 65.7 Å². The van der Waals surface area contributed by atoms with Gasteiger partial charge in [0.15, 0.2) is 6.10 Å². The van der Waals surface area contributed by atoms with Crippen LogP contribution < -0.4 is 0 Å². The number of rotatable bonds is 41. The molecule has 0 amide bonds. The molecule has 0 aromatic carbocycles. The molecule has 322 valence electrons. The van der Waals surface area contributed by atoms with E-state index in [4.69, 9.17) is 19.1 Å². The number of hydrogen-bond donors (Lipinski definition) is 3. The highest BCUT2D eigenvalue weighted by molar-refractivity contribution is 7.47. The second-order valence-electron chi connectivity index (χ2n) is 14.7. The number of allylic oxidation sites excluding steroid dienone is 6. The number of aliphatic hydroxyl groups is 2. The molecule has 0 aliphatic rings. The highest BCUT2D eigenvalue weighted by Gasteiger charge is 2.27. The van der Waals surface area contributed by atoms with Crippen LogP contribution in [0.25, 0.3) is 0 Å². The number of phosphoric acid groups is 1. The summed E-state index contributed by atoms with van der Waals surface area (Å²) in [5, 5.41) is 18.3. The Balaban J connectivity index is 4.37. The molecule has 1 unspecified atom stereocenters. The molecule has 0 fully saturated rings. The number of unbranched alkanes of at least 4 members (excludes halogenated alkanes) is 21. The minimum absolute atomic E-state index is 0.119. The molecule has 0 aromatic heterocycles. The zero-order valence-corrected chi connectivity index (χ0v) is 35.8. The number of carbonyl (C=O) groups excluding carboxylic acids is 2. The Bertz CT molecular complexity index is 1010. The van der Waals surface area contributed by atoms with Gasteiger partial charge in [0.2, 0.25) is 0 Å². The van der Waals surface area contributed by atoms with E-state index in [1.807, 2.05) is 6.08 Å². The van der Waals surface area contributed by atoms with Gasteiger partial charge in [0.1, 0.15) is 12.7 Å². The molecule has 10 nitrogen and oxygen atoms in total. The van der Waals surface area contributed by atoms with Crippen LogP contribution in [0.1, 0.15) is 194 Å². The molecule has 0 bridgehead atoms. The molecule has 0 aliphatic carbocycles. The quantitative estimate of drug-likeness (QED) is 0.0236. The van der Waals surface area contributed by atoms with Crippen LogP contribution in [0.4, 0.5) is 0 Å². The van der Waals surface area contributed by atoms with Crippen molar-refractivity contribution >= 4 is 19.8 Å². The van der Waals surface area contributed by atoms with E-state index in [1.165, 1.54) is 96.3 Å². The fourth-order valence-electron chi connectivity index (χ4n) is 5.85. The zero-order valence-electron chi connectivity index (χ0n) is 34.9. The number of phosphoric ester groups is 1. The first kappa shape index (κ1) is 53.2. The number of hydrogen-bond acceptors (Lipinski definition) is 9. The van der Waals surface area contributed by atoms with Gasteiger partial charge >= 0.3 is 19.8 Å². The zero-order chi connectivity index (χ0) is 40.5. The van der Waals surface area contributed by atoms with Crippen molar-refractivity contribution in [2.45, 2.75) is 206 Å². The largest absolute Gasteiger partial charge is 0.472 e. The van der Waals surface area contributed by atoms with Crippen molar-refractivity contribution < 1.29 is 47.8 Å². The summed E-state index contributed by atoms with van der Waals surface area (Å²) in [6, 6.07) is 0. The topological polar surface area (TPSA) is 149 Å². The maximum atomic E-state index is 12.6. The summed E-state index contributed by atoms with van der Waals surface area (Å²) in [6.45, 7) is 2.32. The molecule has 0 saturated carbocycles. The van der Waals surface area contributed by atoms with Crippen LogP contribution in [0.2, 0.25) is 0 Å². The molecule has 0 heterocycles.